The molecule has 0 radical (unpaired) electrons. The molecule has 4 rings (SSSR count). The summed E-state index contributed by atoms with van der Waals surface area (Å²) in [5.41, 5.74) is 6.38. The summed E-state index contributed by atoms with van der Waals surface area (Å²) in [5, 5.41) is 0.932. The smallest absolute Gasteiger partial charge is 0.166 e. The fraction of sp³-hybridized carbons (Fsp3) is 0.250. The lowest BCUT2D eigenvalue weighted by atomic mass is 10.2. The maximum atomic E-state index is 5.74. The quantitative estimate of drug-likeness (QED) is 0.722. The lowest BCUT2D eigenvalue weighted by Gasteiger charge is -2.36. The van der Waals surface area contributed by atoms with Crippen LogP contribution in [-0.4, -0.2) is 46.1 Å². The number of piperazine rings is 1. The first-order valence-corrected chi connectivity index (χ1v) is 8.49. The van der Waals surface area contributed by atoms with Crippen molar-refractivity contribution < 1.29 is 0 Å². The first-order chi connectivity index (χ1) is 11.7. The topological polar surface area (TPSA) is 84.1 Å². The molecule has 0 unspecified atom stereocenters. The zero-order valence-electron chi connectivity index (χ0n) is 12.9. The molecule has 0 amide bonds. The number of nitrogens with zero attached hydrogens (tertiary/aromatic N) is 6. The normalized spacial score (nSPS) is 15.0. The Morgan fingerprint density at radius 1 is 0.917 bits per heavy atom. The molecule has 0 bridgehead atoms. The lowest BCUT2D eigenvalue weighted by molar-refractivity contribution is 0.643. The Morgan fingerprint density at radius 3 is 2.46 bits per heavy atom. The summed E-state index contributed by atoms with van der Waals surface area (Å²) in [6.45, 7) is 3.52. The number of rotatable bonds is 2. The molecule has 1 aliphatic heterocycles. The van der Waals surface area contributed by atoms with E-state index in [4.69, 9.17) is 5.73 Å². The predicted octanol–water partition coefficient (Wildman–Crippen LogP) is 2.09. The van der Waals surface area contributed by atoms with Crippen LogP contribution in [0.3, 0.4) is 0 Å². The van der Waals surface area contributed by atoms with Gasteiger partial charge < -0.3 is 15.5 Å². The van der Waals surface area contributed by atoms with Crippen molar-refractivity contribution in [3.63, 3.8) is 0 Å². The van der Waals surface area contributed by atoms with Crippen molar-refractivity contribution in [3.05, 3.63) is 41.3 Å². The van der Waals surface area contributed by atoms with Crippen LogP contribution in [0.25, 0.3) is 11.0 Å². The van der Waals surface area contributed by atoms with Gasteiger partial charge in [-0.25, -0.2) is 19.9 Å². The van der Waals surface area contributed by atoms with Crippen molar-refractivity contribution in [1.29, 1.82) is 0 Å². The number of pyridine rings is 2. The third-order valence-corrected chi connectivity index (χ3v) is 4.58. The van der Waals surface area contributed by atoms with Gasteiger partial charge in [-0.1, -0.05) is 0 Å². The zero-order chi connectivity index (χ0) is 16.5. The summed E-state index contributed by atoms with van der Waals surface area (Å²) in [7, 11) is 0. The van der Waals surface area contributed by atoms with Gasteiger partial charge in [-0.2, -0.15) is 0 Å². The summed E-state index contributed by atoms with van der Waals surface area (Å²) in [6.07, 6.45) is 3.38. The van der Waals surface area contributed by atoms with Gasteiger partial charge in [-0.3, -0.25) is 0 Å². The maximum Gasteiger partial charge on any atom is 0.166 e. The van der Waals surface area contributed by atoms with Crippen LogP contribution in [-0.2, 0) is 0 Å². The summed E-state index contributed by atoms with van der Waals surface area (Å²) in [6, 6.07) is 7.78. The fourth-order valence-corrected chi connectivity index (χ4v) is 3.13. The minimum atomic E-state index is 0.471. The summed E-state index contributed by atoms with van der Waals surface area (Å²) in [4.78, 5) is 22.0. The number of nitrogen functional groups attached to an aromatic ring is 1. The number of fused-ring (bicyclic) bond motifs is 1. The Morgan fingerprint density at radius 2 is 1.71 bits per heavy atom. The van der Waals surface area contributed by atoms with Gasteiger partial charge in [0, 0.05) is 36.8 Å². The Balaban J connectivity index is 1.55. The van der Waals surface area contributed by atoms with E-state index in [1.54, 1.807) is 12.4 Å². The van der Waals surface area contributed by atoms with Crippen molar-refractivity contribution in [2.24, 2.45) is 0 Å². The molecule has 1 fully saturated rings. The molecule has 7 nitrogen and oxygen atoms in total. The second-order valence-corrected chi connectivity index (χ2v) is 6.53. The second kappa shape index (κ2) is 6.20. The number of nitrogens with two attached hydrogens (primary N) is 1. The molecule has 0 saturated carbocycles. The number of anilines is 3. The van der Waals surface area contributed by atoms with Crippen molar-refractivity contribution >= 4 is 44.4 Å². The molecular formula is C16H16BrN7. The molecule has 3 aromatic heterocycles. The first kappa shape index (κ1) is 15.1. The third-order valence-electron chi connectivity index (χ3n) is 4.11. The molecule has 2 N–H and O–H groups in total. The van der Waals surface area contributed by atoms with E-state index in [9.17, 15) is 0 Å². The van der Waals surface area contributed by atoms with Gasteiger partial charge >= 0.3 is 0 Å². The Kier molecular flexibility index (Phi) is 3.89. The monoisotopic (exact) mass is 385 g/mol. The van der Waals surface area contributed by atoms with E-state index in [2.05, 4.69) is 45.7 Å². The highest BCUT2D eigenvalue weighted by atomic mass is 79.9. The molecule has 24 heavy (non-hydrogen) atoms. The standard InChI is InChI=1S/C16H16BrN7/c17-11-1-4-14(19-9-11)23-5-7-24(8-6-23)16-12-2-3-13(18)22-15(12)20-10-21-16/h1-4,9-10H,5-8H2,(H2,18,20,21,22). The molecule has 3 aromatic rings. The highest BCUT2D eigenvalue weighted by molar-refractivity contribution is 9.10. The number of halogens is 1. The molecule has 4 heterocycles. The van der Waals surface area contributed by atoms with E-state index in [-0.39, 0.29) is 0 Å². The number of hydrogen-bond donors (Lipinski definition) is 1. The molecule has 0 atom stereocenters. The van der Waals surface area contributed by atoms with Crippen molar-refractivity contribution in [2.45, 2.75) is 0 Å². The minimum absolute atomic E-state index is 0.471. The van der Waals surface area contributed by atoms with E-state index in [0.29, 0.717) is 11.5 Å². The van der Waals surface area contributed by atoms with Crippen LogP contribution in [0.1, 0.15) is 0 Å². The molecule has 8 heteroatoms. The largest absolute Gasteiger partial charge is 0.384 e. The predicted molar refractivity (Wildman–Crippen MR) is 98.1 cm³/mol. The highest BCUT2D eigenvalue weighted by Gasteiger charge is 2.21. The van der Waals surface area contributed by atoms with Crippen LogP contribution in [0, 0.1) is 0 Å². The highest BCUT2D eigenvalue weighted by Crippen LogP contribution is 2.24. The van der Waals surface area contributed by atoms with Crippen molar-refractivity contribution in [2.75, 3.05) is 41.7 Å². The average Bonchev–Trinajstić information content (AvgIpc) is 2.62. The third kappa shape index (κ3) is 2.84. The van der Waals surface area contributed by atoms with Crippen LogP contribution < -0.4 is 15.5 Å². The Hall–Kier alpha value is -2.48. The molecule has 0 aliphatic carbocycles. The zero-order valence-corrected chi connectivity index (χ0v) is 14.5. The first-order valence-electron chi connectivity index (χ1n) is 7.69. The van der Waals surface area contributed by atoms with E-state index >= 15 is 0 Å². The van der Waals surface area contributed by atoms with E-state index < -0.39 is 0 Å². The van der Waals surface area contributed by atoms with E-state index in [1.807, 2.05) is 24.4 Å². The van der Waals surface area contributed by atoms with Gasteiger partial charge in [0.05, 0.1) is 5.39 Å². The van der Waals surface area contributed by atoms with Gasteiger partial charge in [0.25, 0.3) is 0 Å². The Labute approximate surface area is 147 Å². The van der Waals surface area contributed by atoms with Crippen LogP contribution >= 0.6 is 15.9 Å². The number of hydrogen-bond acceptors (Lipinski definition) is 7. The minimum Gasteiger partial charge on any atom is -0.384 e. The molecule has 0 aromatic carbocycles. The molecular weight excluding hydrogens is 370 g/mol. The van der Waals surface area contributed by atoms with E-state index in [0.717, 1.165) is 47.7 Å². The average molecular weight is 386 g/mol. The summed E-state index contributed by atoms with van der Waals surface area (Å²) < 4.78 is 0.990. The second-order valence-electron chi connectivity index (χ2n) is 5.61. The van der Waals surface area contributed by atoms with Crippen LogP contribution in [0.15, 0.2) is 41.3 Å². The molecule has 122 valence electrons. The number of aromatic nitrogens is 4. The fourth-order valence-electron chi connectivity index (χ4n) is 2.90. The van der Waals surface area contributed by atoms with Crippen molar-refractivity contribution in [1.82, 2.24) is 19.9 Å². The van der Waals surface area contributed by atoms with E-state index in [1.165, 1.54) is 0 Å². The van der Waals surface area contributed by atoms with Gasteiger partial charge in [-0.15, -0.1) is 0 Å². The van der Waals surface area contributed by atoms with Gasteiger partial charge in [0.15, 0.2) is 5.65 Å². The van der Waals surface area contributed by atoms with Gasteiger partial charge in [-0.05, 0) is 40.2 Å². The van der Waals surface area contributed by atoms with Crippen LogP contribution in [0.5, 0.6) is 0 Å². The molecule has 1 aliphatic rings. The van der Waals surface area contributed by atoms with Crippen LogP contribution in [0.2, 0.25) is 0 Å². The summed E-state index contributed by atoms with van der Waals surface area (Å²) in [5.74, 6) is 2.38. The summed E-state index contributed by atoms with van der Waals surface area (Å²) >= 11 is 3.42. The van der Waals surface area contributed by atoms with Gasteiger partial charge in [0.2, 0.25) is 0 Å². The lowest BCUT2D eigenvalue weighted by Crippen LogP contribution is -2.47. The van der Waals surface area contributed by atoms with Crippen LogP contribution in [0.4, 0.5) is 17.5 Å². The van der Waals surface area contributed by atoms with Crippen molar-refractivity contribution in [3.8, 4) is 0 Å². The SMILES string of the molecule is Nc1ccc2c(N3CCN(c4ccc(Br)cn4)CC3)ncnc2n1. The molecule has 0 spiro atoms. The van der Waals surface area contributed by atoms with Gasteiger partial charge in [0.1, 0.15) is 23.8 Å². The Bertz CT molecular complexity index is 860. The molecule has 1 saturated heterocycles. The maximum absolute atomic E-state index is 5.74.